The summed E-state index contributed by atoms with van der Waals surface area (Å²) < 4.78 is 4.90. The molecule has 0 fully saturated rings. The summed E-state index contributed by atoms with van der Waals surface area (Å²) in [7, 11) is 0. The molecule has 0 aliphatic heterocycles. The molecule has 1 unspecified atom stereocenters. The first kappa shape index (κ1) is 27.6. The lowest BCUT2D eigenvalue weighted by atomic mass is 9.76. The van der Waals surface area contributed by atoms with Crippen molar-refractivity contribution in [2.24, 2.45) is 0 Å². The van der Waals surface area contributed by atoms with Crippen LogP contribution in [0.1, 0.15) is 23.5 Å². The van der Waals surface area contributed by atoms with Gasteiger partial charge in [0.05, 0.1) is 22.1 Å². The van der Waals surface area contributed by atoms with Gasteiger partial charge in [0, 0.05) is 44.2 Å². The largest absolute Gasteiger partial charge is 0.309 e. The van der Waals surface area contributed by atoms with Crippen LogP contribution < -0.4 is 0 Å². The average Bonchev–Trinajstić information content (AvgIpc) is 3.71. The van der Waals surface area contributed by atoms with Gasteiger partial charge in [0.2, 0.25) is 0 Å². The summed E-state index contributed by atoms with van der Waals surface area (Å²) in [5.74, 6) is 0.325. The van der Waals surface area contributed by atoms with Gasteiger partial charge in [-0.2, -0.15) is 0 Å². The zero-order valence-electron chi connectivity index (χ0n) is 27.4. The van der Waals surface area contributed by atoms with E-state index in [0.717, 1.165) is 6.42 Å². The van der Waals surface area contributed by atoms with Gasteiger partial charge in [-0.05, 0) is 94.2 Å². The van der Waals surface area contributed by atoms with Crippen molar-refractivity contribution in [3.63, 3.8) is 0 Å². The lowest BCUT2D eigenvalue weighted by Crippen LogP contribution is -2.10. The van der Waals surface area contributed by atoms with E-state index in [1.165, 1.54) is 93.6 Å². The van der Waals surface area contributed by atoms with Gasteiger partial charge < -0.3 is 9.13 Å². The van der Waals surface area contributed by atoms with Crippen molar-refractivity contribution in [1.82, 2.24) is 9.13 Å². The number of hydrogen-bond acceptors (Lipinski definition) is 0. The lowest BCUT2D eigenvalue weighted by Gasteiger charge is -2.28. The van der Waals surface area contributed by atoms with Crippen LogP contribution in [-0.2, 0) is 0 Å². The Bertz CT molecular complexity index is 2930. The van der Waals surface area contributed by atoms with E-state index in [1.807, 2.05) is 0 Å². The van der Waals surface area contributed by atoms with Gasteiger partial charge in [-0.25, -0.2) is 0 Å². The first-order valence-corrected chi connectivity index (χ1v) is 17.6. The van der Waals surface area contributed by atoms with E-state index in [1.54, 1.807) is 0 Å². The highest BCUT2D eigenvalue weighted by Crippen LogP contribution is 2.50. The fourth-order valence-corrected chi connectivity index (χ4v) is 8.88. The van der Waals surface area contributed by atoms with Crippen LogP contribution in [0.2, 0.25) is 0 Å². The van der Waals surface area contributed by atoms with Gasteiger partial charge in [0.1, 0.15) is 0 Å². The summed E-state index contributed by atoms with van der Waals surface area (Å²) >= 11 is 0. The maximum atomic E-state index is 2.51. The average molecular weight is 637 g/mol. The zero-order valence-corrected chi connectivity index (χ0v) is 27.4. The molecule has 2 aromatic heterocycles. The third kappa shape index (κ3) is 3.85. The summed E-state index contributed by atoms with van der Waals surface area (Å²) in [4.78, 5) is 0. The normalized spacial score (nSPS) is 15.3. The summed E-state index contributed by atoms with van der Waals surface area (Å²) in [5.41, 5.74) is 14.0. The number of hydrogen-bond donors (Lipinski definition) is 0. The van der Waals surface area contributed by atoms with Crippen LogP contribution in [0.4, 0.5) is 0 Å². The molecule has 0 amide bonds. The number of fused-ring (bicyclic) bond motifs is 13. The smallest absolute Gasteiger partial charge is 0.0622 e. The van der Waals surface area contributed by atoms with Crippen LogP contribution in [0, 0.1) is 0 Å². The predicted molar refractivity (Wildman–Crippen MR) is 212 cm³/mol. The Morgan fingerprint density at radius 2 is 1.08 bits per heavy atom. The Labute approximate surface area is 290 Å². The molecule has 9 aromatic rings. The molecule has 0 radical (unpaired) electrons. The van der Waals surface area contributed by atoms with Gasteiger partial charge in [-0.1, -0.05) is 121 Å². The predicted octanol–water partition coefficient (Wildman–Crippen LogP) is 12.7. The molecule has 7 aromatic carbocycles. The maximum absolute atomic E-state index is 2.51. The number of rotatable bonds is 3. The van der Waals surface area contributed by atoms with E-state index >= 15 is 0 Å². The molecular weight excluding hydrogens is 605 g/mol. The molecule has 11 rings (SSSR count). The van der Waals surface area contributed by atoms with Gasteiger partial charge >= 0.3 is 0 Å². The molecule has 50 heavy (non-hydrogen) atoms. The topological polar surface area (TPSA) is 9.86 Å². The Hall–Kier alpha value is -6.38. The third-order valence-corrected chi connectivity index (χ3v) is 11.0. The highest BCUT2D eigenvalue weighted by molar-refractivity contribution is 6.23. The van der Waals surface area contributed by atoms with Crippen molar-refractivity contribution in [2.75, 3.05) is 0 Å². The minimum atomic E-state index is 0.325. The Balaban J connectivity index is 1.23. The van der Waals surface area contributed by atoms with Crippen LogP contribution in [-0.4, -0.2) is 9.13 Å². The van der Waals surface area contributed by atoms with Crippen molar-refractivity contribution in [2.45, 2.75) is 12.3 Å². The SMILES string of the molecule is C1=CCC2C(=C1)C=Cc1c2c2c3cc(-c4ccc5c(c4)c4ccccc4n5-c4ccccc4)ccc3n(-c3ccccc3)c2c2ccccc12. The Morgan fingerprint density at radius 1 is 0.480 bits per heavy atom. The van der Waals surface area contributed by atoms with Crippen LogP contribution >= 0.6 is 0 Å². The lowest BCUT2D eigenvalue weighted by molar-refractivity contribution is 0.820. The van der Waals surface area contributed by atoms with Crippen molar-refractivity contribution in [1.29, 1.82) is 0 Å². The fourth-order valence-electron chi connectivity index (χ4n) is 8.88. The van der Waals surface area contributed by atoms with Crippen LogP contribution in [0.15, 0.2) is 175 Å². The van der Waals surface area contributed by atoms with Gasteiger partial charge in [0.15, 0.2) is 0 Å². The van der Waals surface area contributed by atoms with Gasteiger partial charge in [-0.15, -0.1) is 0 Å². The summed E-state index contributed by atoms with van der Waals surface area (Å²) in [6.45, 7) is 0. The first-order chi connectivity index (χ1) is 24.8. The second-order valence-corrected chi connectivity index (χ2v) is 13.6. The number of allylic oxidation sites excluding steroid dienone is 5. The molecule has 2 heteroatoms. The second kappa shape index (κ2) is 10.6. The van der Waals surface area contributed by atoms with Crippen LogP contribution in [0.5, 0.6) is 0 Å². The molecule has 2 heterocycles. The van der Waals surface area contributed by atoms with Gasteiger partial charge in [0.25, 0.3) is 0 Å². The van der Waals surface area contributed by atoms with E-state index < -0.39 is 0 Å². The van der Waals surface area contributed by atoms with Crippen molar-refractivity contribution < 1.29 is 0 Å². The quantitative estimate of drug-likeness (QED) is 0.183. The molecule has 2 aliphatic rings. The minimum absolute atomic E-state index is 0.325. The molecule has 234 valence electrons. The summed E-state index contributed by atoms with van der Waals surface area (Å²) in [6.07, 6.45) is 12.6. The standard InChI is InChI=1S/C48H32N2/c1-3-14-34(15-4-1)49-43-22-12-11-20-38(43)41-29-32(24-27-44(41)49)33-25-28-45-42(30-33)47-46-36-18-8-7-13-31(36)23-26-39(46)37-19-9-10-21-40(37)48(47)50(45)35-16-5-2-6-17-35/h1-17,19-30,36H,18H2. The Kier molecular flexibility index (Phi) is 5.82. The molecule has 0 spiro atoms. The van der Waals surface area contributed by atoms with Crippen molar-refractivity contribution in [3.05, 3.63) is 187 Å². The van der Waals surface area contributed by atoms with E-state index in [9.17, 15) is 0 Å². The van der Waals surface area contributed by atoms with Gasteiger partial charge in [-0.3, -0.25) is 0 Å². The Morgan fingerprint density at radius 3 is 1.84 bits per heavy atom. The molecule has 0 N–H and O–H groups in total. The monoisotopic (exact) mass is 636 g/mol. The zero-order chi connectivity index (χ0) is 32.8. The number of benzene rings is 7. The molecule has 2 aliphatic carbocycles. The fraction of sp³-hybridized carbons (Fsp3) is 0.0417. The highest BCUT2D eigenvalue weighted by atomic mass is 15.0. The molecule has 0 bridgehead atoms. The van der Waals surface area contributed by atoms with E-state index in [0.29, 0.717) is 5.92 Å². The summed E-state index contributed by atoms with van der Waals surface area (Å²) in [6, 6.07) is 53.5. The van der Waals surface area contributed by atoms with E-state index in [2.05, 4.69) is 185 Å². The van der Waals surface area contributed by atoms with Crippen molar-refractivity contribution in [3.8, 4) is 22.5 Å². The number of aromatic nitrogens is 2. The molecular formula is C48H32N2. The molecule has 2 nitrogen and oxygen atoms in total. The second-order valence-electron chi connectivity index (χ2n) is 13.6. The minimum Gasteiger partial charge on any atom is -0.309 e. The third-order valence-electron chi connectivity index (χ3n) is 11.0. The maximum Gasteiger partial charge on any atom is 0.0622 e. The summed E-state index contributed by atoms with van der Waals surface area (Å²) in [5, 5.41) is 7.83. The molecule has 1 atom stereocenters. The molecule has 0 saturated carbocycles. The number of para-hydroxylation sites is 3. The van der Waals surface area contributed by atoms with Crippen molar-refractivity contribution >= 4 is 60.5 Å². The number of nitrogens with zero attached hydrogens (tertiary/aromatic N) is 2. The van der Waals surface area contributed by atoms with E-state index in [4.69, 9.17) is 0 Å². The van der Waals surface area contributed by atoms with Crippen LogP contribution in [0.3, 0.4) is 0 Å². The van der Waals surface area contributed by atoms with Crippen LogP contribution in [0.25, 0.3) is 83.0 Å². The van der Waals surface area contributed by atoms with E-state index in [-0.39, 0.29) is 0 Å². The molecule has 0 saturated heterocycles. The first-order valence-electron chi connectivity index (χ1n) is 17.6. The highest BCUT2D eigenvalue weighted by Gasteiger charge is 2.29.